The van der Waals surface area contributed by atoms with Crippen molar-refractivity contribution in [2.75, 3.05) is 14.1 Å². The zero-order chi connectivity index (χ0) is 14.9. The molecule has 0 aromatic carbocycles. The van der Waals surface area contributed by atoms with Crippen LogP contribution >= 0.6 is 0 Å². The molecule has 2 nitrogen and oxygen atoms in total. The molecule has 0 saturated carbocycles. The van der Waals surface area contributed by atoms with E-state index >= 15 is 0 Å². The van der Waals surface area contributed by atoms with Crippen molar-refractivity contribution >= 4 is 0 Å². The highest BCUT2D eigenvalue weighted by atomic mass is 16.5. The van der Waals surface area contributed by atoms with E-state index in [2.05, 4.69) is 81.3 Å². The fraction of sp³-hybridized carbons (Fsp3) is 0.875. The minimum atomic E-state index is -0.234. The molecule has 0 aliphatic carbocycles. The van der Waals surface area contributed by atoms with E-state index in [9.17, 15) is 0 Å². The molecule has 0 atom stereocenters. The molecule has 0 aromatic heterocycles. The van der Waals surface area contributed by atoms with Crippen molar-refractivity contribution in [3.63, 3.8) is 0 Å². The monoisotopic (exact) mass is 255 g/mol. The molecule has 0 aliphatic heterocycles. The summed E-state index contributed by atoms with van der Waals surface area (Å²) in [5.41, 5.74) is 1.04. The van der Waals surface area contributed by atoms with Crippen LogP contribution in [0.2, 0.25) is 0 Å². The topological polar surface area (TPSA) is 12.5 Å². The van der Waals surface area contributed by atoms with Gasteiger partial charge in [-0.2, -0.15) is 0 Å². The summed E-state index contributed by atoms with van der Waals surface area (Å²) in [5, 5.41) is 0. The van der Waals surface area contributed by atoms with E-state index in [-0.39, 0.29) is 16.6 Å². The molecule has 0 saturated heterocycles. The summed E-state index contributed by atoms with van der Waals surface area (Å²) >= 11 is 0. The third-order valence-electron chi connectivity index (χ3n) is 5.27. The number of hydrogen-bond donors (Lipinski definition) is 0. The highest BCUT2D eigenvalue weighted by Crippen LogP contribution is 2.46. The molecule has 0 aromatic rings. The molecule has 0 bridgehead atoms. The third-order valence-corrected chi connectivity index (χ3v) is 5.27. The molecule has 0 fully saturated rings. The Labute approximate surface area is 114 Å². The van der Waals surface area contributed by atoms with Crippen molar-refractivity contribution in [3.8, 4) is 0 Å². The molecule has 0 rings (SSSR count). The summed E-state index contributed by atoms with van der Waals surface area (Å²) in [4.78, 5) is 2.27. The number of rotatable bonds is 5. The van der Waals surface area contributed by atoms with Gasteiger partial charge in [0.1, 0.15) is 5.60 Å². The van der Waals surface area contributed by atoms with E-state index in [0.29, 0.717) is 0 Å². The number of hydrogen-bond acceptors (Lipinski definition) is 2. The summed E-state index contributed by atoms with van der Waals surface area (Å²) < 4.78 is 6.25. The molecule has 0 unspecified atom stereocenters. The van der Waals surface area contributed by atoms with E-state index in [4.69, 9.17) is 4.74 Å². The summed E-state index contributed by atoms with van der Waals surface area (Å²) in [7, 11) is 4.26. The van der Waals surface area contributed by atoms with Crippen LogP contribution in [0.3, 0.4) is 0 Å². The van der Waals surface area contributed by atoms with E-state index < -0.39 is 0 Å². The molecule has 0 heterocycles. The molecule has 108 valence electrons. The Morgan fingerprint density at radius 1 is 0.833 bits per heavy atom. The maximum atomic E-state index is 6.25. The summed E-state index contributed by atoms with van der Waals surface area (Å²) in [6.07, 6.45) is 0. The van der Waals surface area contributed by atoms with Gasteiger partial charge in [-0.05, 0) is 68.1 Å². The number of nitrogens with zero attached hydrogens (tertiary/aromatic N) is 1. The van der Waals surface area contributed by atoms with Crippen LogP contribution in [0.25, 0.3) is 0 Å². The van der Waals surface area contributed by atoms with E-state index in [1.54, 1.807) is 0 Å². The van der Waals surface area contributed by atoms with Gasteiger partial charge in [0.05, 0.1) is 5.76 Å². The van der Waals surface area contributed by atoms with Crippen molar-refractivity contribution in [2.24, 2.45) is 5.41 Å². The third kappa shape index (κ3) is 3.09. The van der Waals surface area contributed by atoms with Crippen molar-refractivity contribution in [1.82, 2.24) is 4.90 Å². The lowest BCUT2D eigenvalue weighted by molar-refractivity contribution is -0.124. The van der Waals surface area contributed by atoms with Gasteiger partial charge in [0.15, 0.2) is 0 Å². The van der Waals surface area contributed by atoms with E-state index in [0.717, 1.165) is 5.76 Å². The molecule has 2 heteroatoms. The van der Waals surface area contributed by atoms with Crippen LogP contribution in [0.5, 0.6) is 0 Å². The maximum absolute atomic E-state index is 6.25. The van der Waals surface area contributed by atoms with Crippen LogP contribution in [0.15, 0.2) is 11.3 Å². The lowest BCUT2D eigenvalue weighted by atomic mass is 9.64. The van der Waals surface area contributed by atoms with Gasteiger partial charge in [-0.3, -0.25) is 0 Å². The highest BCUT2D eigenvalue weighted by molar-refractivity contribution is 5.07. The van der Waals surface area contributed by atoms with Gasteiger partial charge >= 0.3 is 0 Å². The Kier molecular flexibility index (Phi) is 5.10. The Bertz CT molecular complexity index is 318. The lowest BCUT2D eigenvalue weighted by Gasteiger charge is -2.54. The first-order valence-electron chi connectivity index (χ1n) is 6.78. The fourth-order valence-electron chi connectivity index (χ4n) is 1.91. The van der Waals surface area contributed by atoms with Gasteiger partial charge in [0.25, 0.3) is 0 Å². The first kappa shape index (κ1) is 17.5. The van der Waals surface area contributed by atoms with Crippen molar-refractivity contribution in [2.45, 2.75) is 73.5 Å². The lowest BCUT2D eigenvalue weighted by Crippen LogP contribution is -2.60. The van der Waals surface area contributed by atoms with Crippen LogP contribution in [0.1, 0.15) is 62.3 Å². The van der Waals surface area contributed by atoms with Crippen LogP contribution in [0, 0.1) is 5.41 Å². The van der Waals surface area contributed by atoms with Gasteiger partial charge in [-0.15, -0.1) is 0 Å². The van der Waals surface area contributed by atoms with Crippen molar-refractivity contribution in [1.29, 1.82) is 0 Å². The van der Waals surface area contributed by atoms with E-state index in [1.165, 1.54) is 5.57 Å². The van der Waals surface area contributed by atoms with Gasteiger partial charge in [0.2, 0.25) is 0 Å². The number of ether oxygens (including phenoxy) is 1. The van der Waals surface area contributed by atoms with Gasteiger partial charge in [0, 0.05) is 11.0 Å². The Balaban J connectivity index is 5.40. The minimum Gasteiger partial charge on any atom is -0.492 e. The summed E-state index contributed by atoms with van der Waals surface area (Å²) in [5.74, 6) is 1.03. The van der Waals surface area contributed by atoms with Crippen LogP contribution in [0.4, 0.5) is 0 Å². The van der Waals surface area contributed by atoms with Crippen LogP contribution < -0.4 is 0 Å². The Morgan fingerprint density at radius 2 is 1.22 bits per heavy atom. The van der Waals surface area contributed by atoms with Crippen molar-refractivity contribution in [3.05, 3.63) is 11.3 Å². The number of allylic oxidation sites excluding steroid dienone is 2. The zero-order valence-corrected chi connectivity index (χ0v) is 14.4. The second-order valence-electron chi connectivity index (χ2n) is 7.25. The van der Waals surface area contributed by atoms with E-state index in [1.807, 2.05) is 0 Å². The van der Waals surface area contributed by atoms with Crippen LogP contribution in [-0.2, 0) is 4.74 Å². The average Bonchev–Trinajstić information content (AvgIpc) is 2.15. The molecular formula is C16H33NO. The first-order chi connectivity index (χ1) is 7.77. The quantitative estimate of drug-likeness (QED) is 0.672. The predicted octanol–water partition coefficient (Wildman–Crippen LogP) is 4.46. The first-order valence-corrected chi connectivity index (χ1v) is 6.78. The second kappa shape index (κ2) is 5.24. The maximum Gasteiger partial charge on any atom is 0.110 e. The average molecular weight is 255 g/mol. The largest absolute Gasteiger partial charge is 0.492 e. The fourth-order valence-corrected chi connectivity index (χ4v) is 1.91. The molecule has 0 N–H and O–H groups in total. The standard InChI is InChI=1S/C16H33NO/c1-12(2)13(3)18-16(8,9)14(4,5)15(6,7)17(10)11/h1-11H3. The smallest absolute Gasteiger partial charge is 0.110 e. The minimum absolute atomic E-state index is 0.000208. The van der Waals surface area contributed by atoms with Gasteiger partial charge in [-0.1, -0.05) is 13.8 Å². The van der Waals surface area contributed by atoms with Crippen LogP contribution in [-0.4, -0.2) is 30.1 Å². The molecule has 0 amide bonds. The van der Waals surface area contributed by atoms with Gasteiger partial charge < -0.3 is 9.64 Å². The Hall–Kier alpha value is -0.500. The molecule has 0 spiro atoms. The predicted molar refractivity (Wildman–Crippen MR) is 80.8 cm³/mol. The zero-order valence-electron chi connectivity index (χ0n) is 14.4. The molecular weight excluding hydrogens is 222 g/mol. The molecule has 18 heavy (non-hydrogen) atoms. The molecule has 0 radical (unpaired) electrons. The highest BCUT2D eigenvalue weighted by Gasteiger charge is 2.50. The van der Waals surface area contributed by atoms with Crippen molar-refractivity contribution < 1.29 is 4.74 Å². The summed E-state index contributed by atoms with van der Waals surface area (Å²) in [6, 6.07) is 0. The second-order valence-corrected chi connectivity index (χ2v) is 7.25. The SMILES string of the molecule is CC(C)=C(C)OC(C)(C)C(C)(C)C(C)(C)N(C)C. The summed E-state index contributed by atoms with van der Waals surface area (Å²) in [6.45, 7) is 19.7. The molecule has 0 aliphatic rings. The normalized spacial score (nSPS) is 13.8. The van der Waals surface area contributed by atoms with Gasteiger partial charge in [-0.25, -0.2) is 0 Å². The Morgan fingerprint density at radius 3 is 1.50 bits per heavy atom.